The molecule has 2 heterocycles. The van der Waals surface area contributed by atoms with Crippen LogP contribution in [-0.2, 0) is 13.6 Å². The molecular weight excluding hydrogens is 427 g/mol. The molecule has 0 aliphatic carbocycles. The van der Waals surface area contributed by atoms with Gasteiger partial charge >= 0.3 is 144 Å². The molecule has 0 saturated heterocycles. The fourth-order valence-corrected chi connectivity index (χ4v) is 4.24. The number of sulfone groups is 1. The summed E-state index contributed by atoms with van der Waals surface area (Å²) >= 11 is -4.95. The summed E-state index contributed by atoms with van der Waals surface area (Å²) in [4.78, 5) is 15.8. The van der Waals surface area contributed by atoms with E-state index in [2.05, 4.69) is 30.2 Å². The molecule has 1 aromatic carbocycles. The van der Waals surface area contributed by atoms with Crippen molar-refractivity contribution >= 4 is 57.2 Å². The van der Waals surface area contributed by atoms with E-state index in [4.69, 9.17) is 8.19 Å². The molecule has 1 unspecified atom stereocenters. The Hall–Kier alpha value is -2.27. The van der Waals surface area contributed by atoms with Gasteiger partial charge in [-0.15, -0.1) is 0 Å². The van der Waals surface area contributed by atoms with Crippen molar-refractivity contribution in [1.82, 2.24) is 0 Å². The van der Waals surface area contributed by atoms with Crippen LogP contribution >= 0.6 is 0 Å². The molecule has 3 rings (SSSR count). The van der Waals surface area contributed by atoms with E-state index >= 15 is 0 Å². The van der Waals surface area contributed by atoms with Crippen molar-refractivity contribution in [2.75, 3.05) is 5.75 Å². The van der Waals surface area contributed by atoms with Crippen molar-refractivity contribution in [3.05, 3.63) is 24.3 Å². The van der Waals surface area contributed by atoms with Gasteiger partial charge in [-0.05, 0) is 0 Å². The van der Waals surface area contributed by atoms with Gasteiger partial charge in [-0.2, -0.15) is 0 Å². The van der Waals surface area contributed by atoms with E-state index in [1.807, 2.05) is 0 Å². The zero-order valence-corrected chi connectivity index (χ0v) is 16.0. The normalized spacial score (nSPS) is 20.0. The SMILES string of the molecule is CCS(=O)(=O)C1=NC=NC2=NC(N=Nc3ccc([As](=O)(O)O)cc3)=NC21. The van der Waals surface area contributed by atoms with Crippen LogP contribution in [0.25, 0.3) is 0 Å². The summed E-state index contributed by atoms with van der Waals surface area (Å²) in [5, 5.41) is 7.57. The van der Waals surface area contributed by atoms with Gasteiger partial charge in [0.2, 0.25) is 0 Å². The monoisotopic (exact) mass is 440 g/mol. The Labute approximate surface area is 151 Å². The summed E-state index contributed by atoms with van der Waals surface area (Å²) in [6, 6.07) is 4.38. The van der Waals surface area contributed by atoms with Gasteiger partial charge < -0.3 is 0 Å². The summed E-state index contributed by atoms with van der Waals surface area (Å²) in [5.74, 6) is -0.0184. The number of hydrogen-bond donors (Lipinski definition) is 2. The van der Waals surface area contributed by atoms with Crippen molar-refractivity contribution in [2.45, 2.75) is 13.0 Å². The van der Waals surface area contributed by atoms with Crippen molar-refractivity contribution in [3.8, 4) is 0 Å². The minimum absolute atomic E-state index is 0.0637. The number of hydrogen-bond acceptors (Lipinski definition) is 9. The molecule has 0 radical (unpaired) electrons. The number of azo groups is 1. The molecule has 0 bridgehead atoms. The molecule has 2 aliphatic heterocycles. The molecular formula is C13H13AsN6O5S. The topological polar surface area (TPSA) is 166 Å². The first kappa shape index (κ1) is 18.5. The predicted octanol–water partition coefficient (Wildman–Crippen LogP) is -0.657. The molecule has 2 N–H and O–H groups in total. The molecule has 13 heteroatoms. The number of guanidine groups is 1. The zero-order valence-electron chi connectivity index (χ0n) is 13.3. The molecule has 2 aliphatic rings. The fourth-order valence-electron chi connectivity index (χ4n) is 2.11. The van der Waals surface area contributed by atoms with Crippen molar-refractivity contribution in [2.24, 2.45) is 30.2 Å². The molecule has 0 fully saturated rings. The Bertz CT molecular complexity index is 1040. The van der Waals surface area contributed by atoms with Crippen LogP contribution in [0.5, 0.6) is 0 Å². The summed E-state index contributed by atoms with van der Waals surface area (Å²) in [7, 11) is -3.56. The minimum atomic E-state index is -4.95. The average molecular weight is 440 g/mol. The van der Waals surface area contributed by atoms with Crippen molar-refractivity contribution in [1.29, 1.82) is 0 Å². The Balaban J connectivity index is 1.82. The van der Waals surface area contributed by atoms with E-state index in [0.717, 1.165) is 6.34 Å². The van der Waals surface area contributed by atoms with E-state index < -0.39 is 30.1 Å². The molecule has 26 heavy (non-hydrogen) atoms. The van der Waals surface area contributed by atoms with E-state index in [9.17, 15) is 12.2 Å². The number of benzene rings is 1. The van der Waals surface area contributed by atoms with E-state index in [0.29, 0.717) is 5.69 Å². The van der Waals surface area contributed by atoms with Gasteiger partial charge in [0.15, 0.2) is 0 Å². The molecule has 0 saturated carbocycles. The number of fused-ring (bicyclic) bond motifs is 1. The van der Waals surface area contributed by atoms with Crippen LogP contribution in [0.1, 0.15) is 6.92 Å². The van der Waals surface area contributed by atoms with Crippen molar-refractivity contribution in [3.63, 3.8) is 0 Å². The number of amidine groups is 1. The second-order valence-corrected chi connectivity index (χ2v) is 10.8. The summed E-state index contributed by atoms with van der Waals surface area (Å²) in [6.07, 6.45) is 1.11. The third kappa shape index (κ3) is 3.78. The fraction of sp³-hybridized carbons (Fsp3) is 0.231. The molecule has 11 nitrogen and oxygen atoms in total. The predicted molar refractivity (Wildman–Crippen MR) is 95.5 cm³/mol. The van der Waals surface area contributed by atoms with Crippen LogP contribution < -0.4 is 4.35 Å². The second-order valence-electron chi connectivity index (χ2n) is 5.18. The molecule has 1 aromatic rings. The molecule has 0 spiro atoms. The Morgan fingerprint density at radius 2 is 1.88 bits per heavy atom. The van der Waals surface area contributed by atoms with Gasteiger partial charge in [-0.3, -0.25) is 0 Å². The van der Waals surface area contributed by atoms with Crippen LogP contribution in [0.3, 0.4) is 0 Å². The maximum atomic E-state index is 12.1. The maximum absolute atomic E-state index is 12.1. The van der Waals surface area contributed by atoms with Crippen LogP contribution in [0.15, 0.2) is 54.5 Å². The molecule has 1 atom stereocenters. The van der Waals surface area contributed by atoms with Crippen LogP contribution in [0.2, 0.25) is 0 Å². The van der Waals surface area contributed by atoms with Gasteiger partial charge in [0.25, 0.3) is 0 Å². The molecule has 0 amide bonds. The third-order valence-corrected chi connectivity index (χ3v) is 7.22. The van der Waals surface area contributed by atoms with Gasteiger partial charge in [-0.1, -0.05) is 6.92 Å². The van der Waals surface area contributed by atoms with Gasteiger partial charge in [0, 0.05) is 0 Å². The second kappa shape index (κ2) is 6.80. The number of nitrogens with zero attached hydrogens (tertiary/aromatic N) is 6. The number of rotatable bonds is 3. The van der Waals surface area contributed by atoms with Gasteiger partial charge in [0.05, 0.1) is 0 Å². The summed E-state index contributed by atoms with van der Waals surface area (Å²) in [6.45, 7) is 1.50. The first-order chi connectivity index (χ1) is 12.2. The number of aliphatic imine (C=N–C) groups is 4. The quantitative estimate of drug-likeness (QED) is 0.470. The standard InChI is InChI=1S/C13H13AsN6O5S/c1-2-26(24,25)12-10-11(15-7-16-12)18-13(17-10)20-19-9-5-3-8(4-6-9)14(21,22)23/h3-7,10H,2H2,1H3,(H2,21,22,23). The van der Waals surface area contributed by atoms with E-state index in [1.54, 1.807) is 0 Å². The van der Waals surface area contributed by atoms with Crippen LogP contribution in [0.4, 0.5) is 5.69 Å². The third-order valence-electron chi connectivity index (χ3n) is 3.45. The average Bonchev–Trinajstić information content (AvgIpc) is 3.02. The van der Waals surface area contributed by atoms with E-state index in [-0.39, 0.29) is 26.9 Å². The Morgan fingerprint density at radius 3 is 2.50 bits per heavy atom. The summed E-state index contributed by atoms with van der Waals surface area (Å²) < 4.78 is 53.5. The van der Waals surface area contributed by atoms with Crippen molar-refractivity contribution < 1.29 is 20.3 Å². The summed E-state index contributed by atoms with van der Waals surface area (Å²) in [5.41, 5.74) is 0.328. The van der Waals surface area contributed by atoms with Crippen LogP contribution in [-0.4, -0.2) is 65.8 Å². The first-order valence-corrected chi connectivity index (χ1v) is 12.3. The Kier molecular flexibility index (Phi) is 4.84. The first-order valence-electron chi connectivity index (χ1n) is 7.28. The zero-order chi connectivity index (χ0) is 18.9. The van der Waals surface area contributed by atoms with Gasteiger partial charge in [0.1, 0.15) is 0 Å². The van der Waals surface area contributed by atoms with Crippen LogP contribution in [0, 0.1) is 0 Å². The molecule has 0 aromatic heterocycles. The van der Waals surface area contributed by atoms with E-state index in [1.165, 1.54) is 31.2 Å². The molecule has 136 valence electrons. The van der Waals surface area contributed by atoms with Gasteiger partial charge in [-0.25, -0.2) is 0 Å². The Morgan fingerprint density at radius 1 is 1.19 bits per heavy atom.